The van der Waals surface area contributed by atoms with Crippen molar-refractivity contribution in [1.82, 2.24) is 0 Å². The number of hydrogen-bond acceptors (Lipinski definition) is 8. The van der Waals surface area contributed by atoms with E-state index in [1.165, 1.54) is 57.8 Å². The molecule has 0 N–H and O–H groups in total. The van der Waals surface area contributed by atoms with Crippen LogP contribution in [0.25, 0.3) is 0 Å². The summed E-state index contributed by atoms with van der Waals surface area (Å²) < 4.78 is 42.4. The first-order chi connectivity index (χ1) is 30.5. The van der Waals surface area contributed by atoms with Crippen molar-refractivity contribution in [3.05, 3.63) is 45.7 Å². The zero-order valence-corrected chi connectivity index (χ0v) is 51.1. The molecule has 8 nitrogen and oxygen atoms in total. The van der Waals surface area contributed by atoms with Gasteiger partial charge < -0.3 is 28.4 Å². The molecule has 9 atom stereocenters. The second-order valence-corrected chi connectivity index (χ2v) is 27.1. The Balaban J connectivity index is 0.948. The van der Waals surface area contributed by atoms with Crippen LogP contribution in [0.4, 0.5) is 0 Å². The predicted octanol–water partition coefficient (Wildman–Crippen LogP) is 14.5. The number of esters is 2. The molecule has 0 saturated heterocycles. The summed E-state index contributed by atoms with van der Waals surface area (Å²) in [5.41, 5.74) is 0.823. The fourth-order valence-corrected chi connectivity index (χ4v) is 20.1. The molecule has 64 heavy (non-hydrogen) atoms. The quantitative estimate of drug-likeness (QED) is 0.0654. The van der Waals surface area contributed by atoms with Gasteiger partial charge in [0.2, 0.25) is 0 Å². The van der Waals surface area contributed by atoms with Crippen molar-refractivity contribution in [2.75, 3.05) is 39.6 Å². The first kappa shape index (κ1) is 54.6. The molecule has 2 aromatic carbocycles. The lowest BCUT2D eigenvalue weighted by atomic mass is 9.44. The van der Waals surface area contributed by atoms with Gasteiger partial charge in [-0.3, -0.25) is 9.59 Å². The van der Waals surface area contributed by atoms with E-state index in [0.717, 1.165) is 87.7 Å². The fourth-order valence-electron chi connectivity index (χ4n) is 12.3. The molecule has 4 unspecified atom stereocenters. The van der Waals surface area contributed by atoms with Crippen LogP contribution < -0.4 is 9.47 Å². The van der Waals surface area contributed by atoms with Crippen LogP contribution in [0.1, 0.15) is 125 Å². The van der Waals surface area contributed by atoms with Gasteiger partial charge in [-0.25, -0.2) is 0 Å². The van der Waals surface area contributed by atoms with Crippen LogP contribution in [0.3, 0.4) is 0 Å². The summed E-state index contributed by atoms with van der Waals surface area (Å²) in [6.45, 7) is 14.1. The molecule has 4 fully saturated rings. The molecule has 4 saturated carbocycles. The van der Waals surface area contributed by atoms with E-state index in [0.29, 0.717) is 43.2 Å². The Morgan fingerprint density at radius 1 is 0.656 bits per heavy atom. The molecule has 0 aromatic heterocycles. The highest BCUT2D eigenvalue weighted by Crippen LogP contribution is 2.68. The van der Waals surface area contributed by atoms with Gasteiger partial charge >= 0.3 is 11.9 Å². The lowest BCUT2D eigenvalue weighted by Crippen LogP contribution is -2.54. The fraction of sp³-hybridized carbons (Fsp3) is 0.720. The van der Waals surface area contributed by atoms with Gasteiger partial charge in [0.1, 0.15) is 36.9 Å². The number of carbonyl (C=O) groups is 2. The SMILES string of the molecule is CC(C)CCC[C@@H](C)[C@H]1CCC2C3CCC4C[C@@H](OC(=O)CCC(=O)OC(COCCOc5c(I)cc(I)cc5I)COCCOc5c(I)cc(I)cc5I)CC[C@]4(C)C3CC[C@@]21C. The molecule has 0 radical (unpaired) electrons. The largest absolute Gasteiger partial charge is 0.489 e. The summed E-state index contributed by atoms with van der Waals surface area (Å²) in [6, 6.07) is 8.30. The molecule has 4 aliphatic carbocycles. The molecule has 358 valence electrons. The highest BCUT2D eigenvalue weighted by Gasteiger charge is 2.60. The van der Waals surface area contributed by atoms with Crippen LogP contribution in [-0.4, -0.2) is 63.8 Å². The molecular weight excluding hydrogens is 1490 g/mol. The van der Waals surface area contributed by atoms with E-state index >= 15 is 0 Å². The van der Waals surface area contributed by atoms with Gasteiger partial charge in [-0.15, -0.1) is 0 Å². The molecule has 6 rings (SSSR count). The van der Waals surface area contributed by atoms with Crippen LogP contribution in [0.2, 0.25) is 0 Å². The molecule has 4 aliphatic rings. The Bertz CT molecular complexity index is 1770. The monoisotopic (exact) mass is 1560 g/mol. The van der Waals surface area contributed by atoms with Crippen molar-refractivity contribution in [2.45, 2.75) is 137 Å². The van der Waals surface area contributed by atoms with Crippen LogP contribution in [0.5, 0.6) is 11.5 Å². The molecular formula is C50H68I6O8. The molecule has 0 amide bonds. The Morgan fingerprint density at radius 2 is 1.20 bits per heavy atom. The van der Waals surface area contributed by atoms with Gasteiger partial charge in [0.25, 0.3) is 0 Å². The molecule has 0 heterocycles. The maximum atomic E-state index is 13.3. The summed E-state index contributed by atoms with van der Waals surface area (Å²) in [7, 11) is 0. The zero-order chi connectivity index (χ0) is 46.2. The van der Waals surface area contributed by atoms with Gasteiger partial charge in [-0.05, 0) is 270 Å². The van der Waals surface area contributed by atoms with Crippen molar-refractivity contribution in [3.8, 4) is 11.5 Å². The third-order valence-corrected chi connectivity index (χ3v) is 19.9. The number of benzene rings is 2. The lowest BCUT2D eigenvalue weighted by Gasteiger charge is -2.61. The molecule has 2 aromatic rings. The van der Waals surface area contributed by atoms with Crippen molar-refractivity contribution in [3.63, 3.8) is 0 Å². The van der Waals surface area contributed by atoms with Crippen molar-refractivity contribution in [1.29, 1.82) is 0 Å². The van der Waals surface area contributed by atoms with Crippen LogP contribution in [-0.2, 0) is 28.5 Å². The molecule has 0 bridgehead atoms. The Kier molecular flexibility index (Phi) is 21.8. The highest BCUT2D eigenvalue weighted by molar-refractivity contribution is 14.1. The van der Waals surface area contributed by atoms with Gasteiger partial charge in [-0.1, -0.05) is 53.9 Å². The maximum absolute atomic E-state index is 13.3. The molecule has 0 spiro atoms. The van der Waals surface area contributed by atoms with Crippen molar-refractivity contribution in [2.24, 2.45) is 52.3 Å². The van der Waals surface area contributed by atoms with E-state index in [1.54, 1.807) is 0 Å². The van der Waals surface area contributed by atoms with Gasteiger partial charge in [0.05, 0.1) is 53.5 Å². The third-order valence-electron chi connectivity index (χ3n) is 15.4. The average molecular weight is 1560 g/mol. The van der Waals surface area contributed by atoms with E-state index in [-0.39, 0.29) is 38.1 Å². The summed E-state index contributed by atoms with van der Waals surface area (Å²) in [5, 5.41) is 0. The topological polar surface area (TPSA) is 89.5 Å². The maximum Gasteiger partial charge on any atom is 0.306 e. The van der Waals surface area contributed by atoms with Crippen LogP contribution in [0.15, 0.2) is 24.3 Å². The minimum atomic E-state index is -0.655. The van der Waals surface area contributed by atoms with E-state index in [9.17, 15) is 9.59 Å². The van der Waals surface area contributed by atoms with Crippen molar-refractivity contribution >= 4 is 147 Å². The molecule has 0 aliphatic heterocycles. The van der Waals surface area contributed by atoms with Crippen molar-refractivity contribution < 1.29 is 38.0 Å². The Hall–Kier alpha value is 1.28. The van der Waals surface area contributed by atoms with E-state index in [2.05, 4.69) is 194 Å². The number of fused-ring (bicyclic) bond motifs is 5. The Labute approximate surface area is 465 Å². The van der Waals surface area contributed by atoms with Gasteiger partial charge in [0.15, 0.2) is 0 Å². The second-order valence-electron chi connectivity index (χ2n) is 19.9. The number of carbonyl (C=O) groups excluding carboxylic acids is 2. The number of hydrogen-bond donors (Lipinski definition) is 0. The molecule has 14 heteroatoms. The zero-order valence-electron chi connectivity index (χ0n) is 38.2. The summed E-state index contributed by atoms with van der Waals surface area (Å²) >= 11 is 13.7. The standard InChI is InChI=1S/C50H68I6O8/c1-30(2)7-6-8-31(3)38-11-12-39-37-10-9-32-23-35(15-17-49(32,4)40(37)16-18-50(38,39)5)63-45(57)13-14-46(58)64-36(28-59-19-21-61-47-41(53)24-33(51)25-42(47)54)29-60-20-22-62-48-43(55)26-34(52)27-44(48)56/h24-27,30-32,35-40H,6-23,28-29H2,1-5H3/t31-,32?,35+,37?,38-,39?,40?,49+,50-/m1/s1. The number of ether oxygens (including phenoxy) is 6. The minimum Gasteiger partial charge on any atom is -0.489 e. The first-order valence-corrected chi connectivity index (χ1v) is 30.0. The van der Waals surface area contributed by atoms with Gasteiger partial charge in [0, 0.05) is 7.14 Å². The van der Waals surface area contributed by atoms with E-state index in [1.807, 2.05) is 0 Å². The third kappa shape index (κ3) is 14.5. The van der Waals surface area contributed by atoms with Crippen LogP contribution >= 0.6 is 136 Å². The summed E-state index contributed by atoms with van der Waals surface area (Å²) in [5.74, 6) is 6.48. The average Bonchev–Trinajstić information content (AvgIpc) is 3.58. The predicted molar refractivity (Wildman–Crippen MR) is 304 cm³/mol. The van der Waals surface area contributed by atoms with Crippen LogP contribution in [0, 0.1) is 73.7 Å². The Morgan fingerprint density at radius 3 is 1.78 bits per heavy atom. The summed E-state index contributed by atoms with van der Waals surface area (Å²) in [6.07, 6.45) is 14.5. The first-order valence-electron chi connectivity index (χ1n) is 23.6. The highest BCUT2D eigenvalue weighted by atomic mass is 127. The number of rotatable bonds is 22. The van der Waals surface area contributed by atoms with Gasteiger partial charge in [-0.2, -0.15) is 0 Å². The van der Waals surface area contributed by atoms with E-state index < -0.39 is 12.1 Å². The minimum absolute atomic E-state index is 0.00400. The second kappa shape index (κ2) is 25.6. The number of halogens is 6. The smallest absolute Gasteiger partial charge is 0.306 e. The lowest BCUT2D eigenvalue weighted by molar-refractivity contribution is -0.166. The normalized spacial score (nSPS) is 28.0. The summed E-state index contributed by atoms with van der Waals surface area (Å²) in [4.78, 5) is 26.5. The van der Waals surface area contributed by atoms with E-state index in [4.69, 9.17) is 28.4 Å².